The second-order valence-electron chi connectivity index (χ2n) is 6.89. The van der Waals surface area contributed by atoms with Gasteiger partial charge in [0.05, 0.1) is 0 Å². The molecule has 0 aromatic heterocycles. The first-order valence-corrected chi connectivity index (χ1v) is 12.7. The molecule has 131 valence electrons. The minimum atomic E-state index is 0.593. The van der Waals surface area contributed by atoms with Crippen LogP contribution in [0.4, 0.5) is 0 Å². The van der Waals surface area contributed by atoms with E-state index in [4.69, 9.17) is 0 Å². The Balaban J connectivity index is 1.49. The van der Waals surface area contributed by atoms with Crippen LogP contribution in [0.15, 0.2) is 42.5 Å². The van der Waals surface area contributed by atoms with E-state index in [9.17, 15) is 0 Å². The van der Waals surface area contributed by atoms with Crippen LogP contribution in [0.5, 0.6) is 0 Å². The zero-order valence-electron chi connectivity index (χ0n) is 15.5. The molecule has 0 atom stereocenters. The topological polar surface area (TPSA) is 0 Å². The van der Waals surface area contributed by atoms with Crippen LogP contribution in [0.1, 0.15) is 70.3 Å². The predicted octanol–water partition coefficient (Wildman–Crippen LogP) is 7.45. The standard InChI is InChI=1S/C23H34As/c1-2-3-4-5-6-7-8-11-19-24-20-13-17-22-16-12-15-21-14-9-10-18-23(21)22/h9-10,12,14-16,18H,2-8,11,13,17,19-20H2,1H3. The van der Waals surface area contributed by atoms with E-state index in [-0.39, 0.29) is 0 Å². The number of aryl methyl sites for hydroxylation is 1. The molecule has 0 unspecified atom stereocenters. The van der Waals surface area contributed by atoms with E-state index >= 15 is 0 Å². The van der Waals surface area contributed by atoms with Crippen molar-refractivity contribution in [1.82, 2.24) is 0 Å². The maximum atomic E-state index is 2.32. The van der Waals surface area contributed by atoms with Crippen LogP contribution >= 0.6 is 0 Å². The van der Waals surface area contributed by atoms with Gasteiger partial charge in [-0.25, -0.2) is 0 Å². The second-order valence-corrected chi connectivity index (χ2v) is 9.70. The van der Waals surface area contributed by atoms with Crippen LogP contribution in [0.2, 0.25) is 10.4 Å². The number of hydrogen-bond acceptors (Lipinski definition) is 0. The Bertz CT molecular complexity index is 555. The molecule has 1 radical (unpaired) electrons. The predicted molar refractivity (Wildman–Crippen MR) is 110 cm³/mol. The van der Waals surface area contributed by atoms with Gasteiger partial charge < -0.3 is 0 Å². The summed E-state index contributed by atoms with van der Waals surface area (Å²) in [6.07, 6.45) is 14.3. The average molecular weight is 385 g/mol. The van der Waals surface area contributed by atoms with Gasteiger partial charge >= 0.3 is 156 Å². The van der Waals surface area contributed by atoms with Crippen LogP contribution in [0, 0.1) is 0 Å². The van der Waals surface area contributed by atoms with E-state index in [1.165, 1.54) is 85.4 Å². The van der Waals surface area contributed by atoms with Gasteiger partial charge in [-0.15, -0.1) is 0 Å². The minimum absolute atomic E-state index is 0.593. The fraction of sp³-hybridized carbons (Fsp3) is 0.565. The van der Waals surface area contributed by atoms with E-state index in [0.29, 0.717) is 15.8 Å². The van der Waals surface area contributed by atoms with Crippen molar-refractivity contribution in [2.45, 2.75) is 81.5 Å². The molecule has 0 saturated heterocycles. The Hall–Kier alpha value is -0.742. The van der Waals surface area contributed by atoms with Gasteiger partial charge in [-0.2, -0.15) is 0 Å². The summed E-state index contributed by atoms with van der Waals surface area (Å²) in [5, 5.41) is 5.86. The van der Waals surface area contributed by atoms with Gasteiger partial charge in [-0.1, -0.05) is 0 Å². The van der Waals surface area contributed by atoms with Crippen LogP contribution in [0.3, 0.4) is 0 Å². The zero-order valence-corrected chi connectivity index (χ0v) is 17.4. The summed E-state index contributed by atoms with van der Waals surface area (Å²) in [7, 11) is 0. The Labute approximate surface area is 156 Å². The number of benzene rings is 2. The van der Waals surface area contributed by atoms with Gasteiger partial charge in [0.25, 0.3) is 0 Å². The van der Waals surface area contributed by atoms with Crippen molar-refractivity contribution in [3.8, 4) is 0 Å². The molecule has 0 aliphatic carbocycles. The summed E-state index contributed by atoms with van der Waals surface area (Å²) < 4.78 is 0. The number of rotatable bonds is 13. The van der Waals surface area contributed by atoms with Crippen LogP contribution in [-0.2, 0) is 6.42 Å². The molecule has 0 heterocycles. The van der Waals surface area contributed by atoms with Crippen LogP contribution in [-0.4, -0.2) is 15.8 Å². The van der Waals surface area contributed by atoms with E-state index in [1.54, 1.807) is 5.56 Å². The first-order chi connectivity index (χ1) is 11.9. The summed E-state index contributed by atoms with van der Waals surface area (Å²) in [6.45, 7) is 2.30. The summed E-state index contributed by atoms with van der Waals surface area (Å²) >= 11 is 0.593. The van der Waals surface area contributed by atoms with Crippen LogP contribution < -0.4 is 0 Å². The molecule has 0 aliphatic rings. The molecule has 24 heavy (non-hydrogen) atoms. The zero-order chi connectivity index (χ0) is 16.9. The summed E-state index contributed by atoms with van der Waals surface area (Å²) in [5.74, 6) is 0. The molecule has 0 aliphatic heterocycles. The Morgan fingerprint density at radius 2 is 1.33 bits per heavy atom. The molecular formula is C23H34As. The van der Waals surface area contributed by atoms with Gasteiger partial charge in [0.2, 0.25) is 0 Å². The third-order valence-corrected chi connectivity index (χ3v) is 7.47. The maximum absolute atomic E-state index is 2.32. The Morgan fingerprint density at radius 3 is 2.17 bits per heavy atom. The first-order valence-electron chi connectivity index (χ1n) is 10.0. The number of unbranched alkanes of at least 4 members (excludes halogenated alkanes) is 7. The van der Waals surface area contributed by atoms with Crippen molar-refractivity contribution in [2.24, 2.45) is 0 Å². The fourth-order valence-corrected chi connectivity index (χ4v) is 5.57. The van der Waals surface area contributed by atoms with Gasteiger partial charge in [0.15, 0.2) is 0 Å². The van der Waals surface area contributed by atoms with Crippen molar-refractivity contribution < 1.29 is 0 Å². The quantitative estimate of drug-likeness (QED) is 0.248. The molecule has 0 nitrogen and oxygen atoms in total. The second kappa shape index (κ2) is 12.6. The molecule has 0 amide bonds. The number of fused-ring (bicyclic) bond motifs is 1. The molecule has 2 aromatic rings. The van der Waals surface area contributed by atoms with Gasteiger partial charge in [0, 0.05) is 0 Å². The molecule has 0 N–H and O–H groups in total. The van der Waals surface area contributed by atoms with Crippen molar-refractivity contribution in [3.63, 3.8) is 0 Å². The third-order valence-electron chi connectivity index (χ3n) is 4.81. The summed E-state index contributed by atoms with van der Waals surface area (Å²) in [5.41, 5.74) is 1.54. The third kappa shape index (κ3) is 7.43. The van der Waals surface area contributed by atoms with Crippen molar-refractivity contribution in [2.75, 3.05) is 0 Å². The summed E-state index contributed by atoms with van der Waals surface area (Å²) in [4.78, 5) is 0. The van der Waals surface area contributed by atoms with Gasteiger partial charge in [-0.3, -0.25) is 0 Å². The monoisotopic (exact) mass is 385 g/mol. The van der Waals surface area contributed by atoms with Crippen LogP contribution in [0.25, 0.3) is 10.8 Å². The van der Waals surface area contributed by atoms with Gasteiger partial charge in [-0.05, 0) is 0 Å². The molecule has 0 bridgehead atoms. The molecule has 0 saturated carbocycles. The van der Waals surface area contributed by atoms with Crippen molar-refractivity contribution in [1.29, 1.82) is 0 Å². The summed E-state index contributed by atoms with van der Waals surface area (Å²) in [6, 6.07) is 15.6. The van der Waals surface area contributed by atoms with E-state index in [2.05, 4.69) is 49.4 Å². The SMILES string of the molecule is CCCCCCCCCC[As]CCCc1cccc2ccccc12. The fourth-order valence-electron chi connectivity index (χ4n) is 3.36. The Kier molecular flexibility index (Phi) is 10.3. The molecule has 0 spiro atoms. The normalized spacial score (nSPS) is 11.7. The van der Waals surface area contributed by atoms with Crippen molar-refractivity contribution in [3.05, 3.63) is 48.0 Å². The molecule has 2 aromatic carbocycles. The molecule has 1 heteroatoms. The van der Waals surface area contributed by atoms with Gasteiger partial charge in [0.1, 0.15) is 0 Å². The first kappa shape index (κ1) is 19.6. The van der Waals surface area contributed by atoms with E-state index in [0.717, 1.165) is 0 Å². The molecule has 0 fully saturated rings. The Morgan fingerprint density at radius 1 is 0.667 bits per heavy atom. The van der Waals surface area contributed by atoms with E-state index < -0.39 is 0 Å². The van der Waals surface area contributed by atoms with Crippen molar-refractivity contribution >= 4 is 26.5 Å². The number of hydrogen-bond donors (Lipinski definition) is 0. The van der Waals surface area contributed by atoms with E-state index in [1.807, 2.05) is 0 Å². The molecular weight excluding hydrogens is 351 g/mol. The molecule has 2 rings (SSSR count). The average Bonchev–Trinajstić information content (AvgIpc) is 2.63.